The number of esters is 2. The minimum absolute atomic E-state index is 0.411. The van der Waals surface area contributed by atoms with Gasteiger partial charge >= 0.3 is 11.9 Å². The average molecular weight is 462 g/mol. The summed E-state index contributed by atoms with van der Waals surface area (Å²) in [6.07, 6.45) is 0. The van der Waals surface area contributed by atoms with Crippen molar-refractivity contribution in [3.05, 3.63) is 82.7 Å². The van der Waals surface area contributed by atoms with Gasteiger partial charge in [-0.25, -0.2) is 9.59 Å². The van der Waals surface area contributed by atoms with Gasteiger partial charge in [0, 0.05) is 11.4 Å². The Kier molecular flexibility index (Phi) is 7.06. The third-order valence-electron chi connectivity index (χ3n) is 5.35. The number of ether oxygens (including phenoxy) is 2. The number of nitrogens with one attached hydrogen (secondary N) is 1. The quantitative estimate of drug-likeness (QED) is 0.544. The third kappa shape index (κ3) is 5.96. The fourth-order valence-electron chi connectivity index (χ4n) is 4.03. The van der Waals surface area contributed by atoms with Gasteiger partial charge in [-0.15, -0.1) is 0 Å². The minimum Gasteiger partial charge on any atom is -0.457 e. The molecule has 5 heteroatoms. The number of carbonyl (C=O) groups is 2. The SMILES string of the molecule is CC1=C(C(=O)OC(C)(C)C)C(c2ccc(-c3ccccc3)cc2)C(C(=O)OC(C)(C)C)=C(C)N1. The molecule has 2 aromatic carbocycles. The Balaban J connectivity index is 2.12. The Hall–Kier alpha value is -3.34. The van der Waals surface area contributed by atoms with Gasteiger partial charge in [0.1, 0.15) is 11.2 Å². The lowest BCUT2D eigenvalue weighted by Crippen LogP contribution is -2.36. The lowest BCUT2D eigenvalue weighted by atomic mass is 9.80. The largest absolute Gasteiger partial charge is 0.457 e. The zero-order valence-corrected chi connectivity index (χ0v) is 21.4. The van der Waals surface area contributed by atoms with Crippen LogP contribution in [0, 0.1) is 0 Å². The van der Waals surface area contributed by atoms with E-state index in [4.69, 9.17) is 9.47 Å². The standard InChI is InChI=1S/C29H35NO4/c1-18-23(26(31)33-28(3,4)5)25(24(19(2)30-18)27(32)34-29(6,7)8)22-16-14-21(15-17-22)20-12-10-9-11-13-20/h9-17,25,30H,1-8H3. The van der Waals surface area contributed by atoms with Crippen LogP contribution in [0.25, 0.3) is 11.1 Å². The Labute approximate surface area is 202 Å². The first-order valence-electron chi connectivity index (χ1n) is 11.6. The molecule has 2 aromatic rings. The van der Waals surface area contributed by atoms with Crippen molar-refractivity contribution in [1.29, 1.82) is 0 Å². The van der Waals surface area contributed by atoms with Crippen LogP contribution >= 0.6 is 0 Å². The summed E-state index contributed by atoms with van der Waals surface area (Å²) >= 11 is 0. The molecule has 0 saturated heterocycles. The number of hydrogen-bond donors (Lipinski definition) is 1. The number of allylic oxidation sites excluding steroid dienone is 2. The Morgan fingerprint density at radius 1 is 0.676 bits per heavy atom. The van der Waals surface area contributed by atoms with Crippen LogP contribution in [0.15, 0.2) is 77.1 Å². The Bertz CT molecular complexity index is 1080. The zero-order chi connectivity index (χ0) is 25.3. The molecule has 1 heterocycles. The lowest BCUT2D eigenvalue weighted by Gasteiger charge is -2.33. The first-order valence-corrected chi connectivity index (χ1v) is 11.6. The van der Waals surface area contributed by atoms with Crippen molar-refractivity contribution in [1.82, 2.24) is 5.32 Å². The highest BCUT2D eigenvalue weighted by Crippen LogP contribution is 2.40. The summed E-state index contributed by atoms with van der Waals surface area (Å²) in [5, 5.41) is 3.21. The van der Waals surface area contributed by atoms with Gasteiger partial charge in [-0.2, -0.15) is 0 Å². The van der Waals surface area contributed by atoms with Crippen molar-refractivity contribution < 1.29 is 19.1 Å². The van der Waals surface area contributed by atoms with E-state index < -0.39 is 29.1 Å². The highest BCUT2D eigenvalue weighted by atomic mass is 16.6. The summed E-state index contributed by atoms with van der Waals surface area (Å²) in [6, 6.07) is 18.0. The van der Waals surface area contributed by atoms with Crippen molar-refractivity contribution >= 4 is 11.9 Å². The van der Waals surface area contributed by atoms with Gasteiger partial charge in [0.25, 0.3) is 0 Å². The van der Waals surface area contributed by atoms with Crippen LogP contribution in [0.5, 0.6) is 0 Å². The van der Waals surface area contributed by atoms with Gasteiger partial charge in [-0.1, -0.05) is 54.6 Å². The number of benzene rings is 2. The number of rotatable bonds is 4. The van der Waals surface area contributed by atoms with Gasteiger partial charge in [0.2, 0.25) is 0 Å². The summed E-state index contributed by atoms with van der Waals surface area (Å²) in [4.78, 5) is 26.7. The second-order valence-corrected chi connectivity index (χ2v) is 10.6. The van der Waals surface area contributed by atoms with E-state index in [-0.39, 0.29) is 0 Å². The molecule has 5 nitrogen and oxygen atoms in total. The van der Waals surface area contributed by atoms with Crippen LogP contribution in [0.1, 0.15) is 66.9 Å². The van der Waals surface area contributed by atoms with Crippen LogP contribution < -0.4 is 5.32 Å². The van der Waals surface area contributed by atoms with Gasteiger partial charge in [-0.3, -0.25) is 0 Å². The molecule has 1 aliphatic heterocycles. The molecule has 0 radical (unpaired) electrons. The maximum atomic E-state index is 13.4. The van der Waals surface area contributed by atoms with E-state index >= 15 is 0 Å². The smallest absolute Gasteiger partial charge is 0.337 e. The van der Waals surface area contributed by atoms with E-state index in [0.29, 0.717) is 22.5 Å². The number of dihydropyridines is 1. The highest BCUT2D eigenvalue weighted by Gasteiger charge is 2.39. The van der Waals surface area contributed by atoms with E-state index in [1.54, 1.807) is 0 Å². The molecule has 0 unspecified atom stereocenters. The molecule has 0 fully saturated rings. The molecular formula is C29H35NO4. The maximum absolute atomic E-state index is 13.4. The van der Waals surface area contributed by atoms with Crippen molar-refractivity contribution in [2.45, 2.75) is 72.5 Å². The van der Waals surface area contributed by atoms with E-state index in [1.807, 2.05) is 110 Å². The fraction of sp³-hybridized carbons (Fsp3) is 0.379. The molecule has 0 saturated carbocycles. The molecule has 0 bridgehead atoms. The van der Waals surface area contributed by atoms with Gasteiger partial charge < -0.3 is 14.8 Å². The molecule has 1 N–H and O–H groups in total. The normalized spacial score (nSPS) is 15.2. The second kappa shape index (κ2) is 9.49. The Morgan fingerprint density at radius 3 is 1.50 bits per heavy atom. The number of hydrogen-bond acceptors (Lipinski definition) is 5. The molecule has 0 aliphatic carbocycles. The van der Waals surface area contributed by atoms with Crippen molar-refractivity contribution in [3.63, 3.8) is 0 Å². The van der Waals surface area contributed by atoms with Gasteiger partial charge in [-0.05, 0) is 72.1 Å². The van der Waals surface area contributed by atoms with Crippen molar-refractivity contribution in [2.75, 3.05) is 0 Å². The number of carbonyl (C=O) groups excluding carboxylic acids is 2. The van der Waals surface area contributed by atoms with Crippen LogP contribution in [0.3, 0.4) is 0 Å². The van der Waals surface area contributed by atoms with Crippen molar-refractivity contribution in [2.24, 2.45) is 0 Å². The predicted octanol–water partition coefficient (Wildman–Crippen LogP) is 6.27. The molecule has 3 rings (SSSR count). The fourth-order valence-corrected chi connectivity index (χ4v) is 4.03. The molecule has 0 aromatic heterocycles. The lowest BCUT2D eigenvalue weighted by molar-refractivity contribution is -0.150. The third-order valence-corrected chi connectivity index (χ3v) is 5.35. The minimum atomic E-state index is -0.672. The molecule has 0 atom stereocenters. The topological polar surface area (TPSA) is 64.6 Å². The van der Waals surface area contributed by atoms with Crippen LogP contribution in [0.4, 0.5) is 0 Å². The van der Waals surface area contributed by atoms with E-state index in [0.717, 1.165) is 16.7 Å². The molecule has 1 aliphatic rings. The molecule has 34 heavy (non-hydrogen) atoms. The Morgan fingerprint density at radius 2 is 1.09 bits per heavy atom. The van der Waals surface area contributed by atoms with E-state index in [1.165, 1.54) is 0 Å². The predicted molar refractivity (Wildman–Crippen MR) is 135 cm³/mol. The monoisotopic (exact) mass is 461 g/mol. The molecular weight excluding hydrogens is 426 g/mol. The van der Waals surface area contributed by atoms with Crippen molar-refractivity contribution in [3.8, 4) is 11.1 Å². The first-order chi connectivity index (χ1) is 15.8. The zero-order valence-electron chi connectivity index (χ0n) is 21.4. The highest BCUT2D eigenvalue weighted by molar-refractivity contribution is 6.00. The maximum Gasteiger partial charge on any atom is 0.337 e. The summed E-state index contributed by atoms with van der Waals surface area (Å²) in [5.74, 6) is -1.53. The first kappa shape index (κ1) is 25.3. The summed E-state index contributed by atoms with van der Waals surface area (Å²) in [6.45, 7) is 14.6. The second-order valence-electron chi connectivity index (χ2n) is 10.6. The van der Waals surface area contributed by atoms with Crippen LogP contribution in [-0.4, -0.2) is 23.1 Å². The van der Waals surface area contributed by atoms with Crippen LogP contribution in [0.2, 0.25) is 0 Å². The molecule has 180 valence electrons. The summed E-state index contributed by atoms with van der Waals surface area (Å²) < 4.78 is 11.5. The van der Waals surface area contributed by atoms with E-state index in [9.17, 15) is 9.59 Å². The molecule has 0 amide bonds. The van der Waals surface area contributed by atoms with Gasteiger partial charge in [0.15, 0.2) is 0 Å². The summed E-state index contributed by atoms with van der Waals surface area (Å²) in [5.41, 5.74) is 3.77. The average Bonchev–Trinajstić information content (AvgIpc) is 2.71. The van der Waals surface area contributed by atoms with E-state index in [2.05, 4.69) is 5.32 Å². The van der Waals surface area contributed by atoms with Crippen LogP contribution in [-0.2, 0) is 19.1 Å². The summed E-state index contributed by atoms with van der Waals surface area (Å²) in [7, 11) is 0. The molecule has 0 spiro atoms. The van der Waals surface area contributed by atoms with Gasteiger partial charge in [0.05, 0.1) is 17.1 Å².